The highest BCUT2D eigenvalue weighted by atomic mass is 127. The van der Waals surface area contributed by atoms with Gasteiger partial charge in [0.05, 0.1) is 5.69 Å². The molecule has 0 spiro atoms. The topological polar surface area (TPSA) is 37.8 Å². The quantitative estimate of drug-likeness (QED) is 0.597. The molecule has 0 aliphatic heterocycles. The zero-order valence-corrected chi connectivity index (χ0v) is 12.1. The summed E-state index contributed by atoms with van der Waals surface area (Å²) < 4.78 is 38.6. The summed E-state index contributed by atoms with van der Waals surface area (Å²) in [5.41, 5.74) is -0.438. The molecule has 0 aliphatic rings. The Kier molecular flexibility index (Phi) is 4.14. The van der Waals surface area contributed by atoms with Gasteiger partial charge in [0.15, 0.2) is 5.69 Å². The predicted octanol–water partition coefficient (Wildman–Crippen LogP) is 4.50. The van der Waals surface area contributed by atoms with Crippen molar-refractivity contribution in [2.45, 2.75) is 6.18 Å². The summed E-state index contributed by atoms with van der Waals surface area (Å²) in [5, 5.41) is 2.33. The van der Waals surface area contributed by atoms with Gasteiger partial charge in [0.25, 0.3) is 0 Å². The van der Waals surface area contributed by atoms with Crippen molar-refractivity contribution in [2.24, 2.45) is 0 Å². The molecule has 8 heteroatoms. The van der Waals surface area contributed by atoms with Gasteiger partial charge < -0.3 is 5.32 Å². The average molecular weight is 400 g/mol. The molecule has 0 radical (unpaired) electrons. The van der Waals surface area contributed by atoms with Gasteiger partial charge in [-0.2, -0.15) is 13.2 Å². The molecular weight excluding hydrogens is 393 g/mol. The van der Waals surface area contributed by atoms with Crippen molar-refractivity contribution in [3.8, 4) is 0 Å². The van der Waals surface area contributed by atoms with E-state index in [4.69, 9.17) is 11.6 Å². The first-order chi connectivity index (χ1) is 8.86. The van der Waals surface area contributed by atoms with E-state index in [1.54, 1.807) is 12.1 Å². The van der Waals surface area contributed by atoms with Crippen LogP contribution in [0.4, 0.5) is 24.7 Å². The molecule has 19 heavy (non-hydrogen) atoms. The standard InChI is InChI=1S/C11H6ClF3IN3/c12-10-18-8(11(13,14)15)5-9(19-10)17-7-4-2-1-3-6(7)16/h1-5H,(H,17,18,19). The highest BCUT2D eigenvalue weighted by molar-refractivity contribution is 14.1. The van der Waals surface area contributed by atoms with E-state index < -0.39 is 17.2 Å². The molecule has 1 aromatic heterocycles. The molecule has 0 aliphatic carbocycles. The zero-order chi connectivity index (χ0) is 14.0. The van der Waals surface area contributed by atoms with Gasteiger partial charge in [-0.25, -0.2) is 9.97 Å². The summed E-state index contributed by atoms with van der Waals surface area (Å²) >= 11 is 7.56. The Balaban J connectivity index is 2.36. The van der Waals surface area contributed by atoms with Gasteiger partial charge in [-0.1, -0.05) is 12.1 Å². The molecule has 0 bridgehead atoms. The van der Waals surface area contributed by atoms with E-state index >= 15 is 0 Å². The van der Waals surface area contributed by atoms with Gasteiger partial charge in [0, 0.05) is 9.64 Å². The lowest BCUT2D eigenvalue weighted by molar-refractivity contribution is -0.141. The number of benzene rings is 1. The molecule has 1 heterocycles. The number of alkyl halides is 3. The summed E-state index contributed by atoms with van der Waals surface area (Å²) in [5.74, 6) is -0.00330. The number of nitrogens with zero attached hydrogens (tertiary/aromatic N) is 2. The van der Waals surface area contributed by atoms with Crippen LogP contribution in [0.1, 0.15) is 5.69 Å². The van der Waals surface area contributed by atoms with Crippen molar-refractivity contribution < 1.29 is 13.2 Å². The minimum atomic E-state index is -4.56. The van der Waals surface area contributed by atoms with E-state index in [1.807, 2.05) is 12.1 Å². The highest BCUT2D eigenvalue weighted by Gasteiger charge is 2.33. The number of halogens is 5. The number of hydrogen-bond donors (Lipinski definition) is 1. The smallest absolute Gasteiger partial charge is 0.339 e. The van der Waals surface area contributed by atoms with E-state index in [0.29, 0.717) is 5.69 Å². The van der Waals surface area contributed by atoms with Crippen molar-refractivity contribution in [1.29, 1.82) is 0 Å². The van der Waals surface area contributed by atoms with Gasteiger partial charge in [-0.05, 0) is 46.3 Å². The van der Waals surface area contributed by atoms with Gasteiger partial charge in [0.2, 0.25) is 5.28 Å². The second-order valence-corrected chi connectivity index (χ2v) is 5.01. The Labute approximate surface area is 125 Å². The normalized spacial score (nSPS) is 11.4. The van der Waals surface area contributed by atoms with Gasteiger partial charge in [0.1, 0.15) is 5.82 Å². The minimum absolute atomic E-state index is 0.00330. The zero-order valence-electron chi connectivity index (χ0n) is 9.17. The third kappa shape index (κ3) is 3.69. The summed E-state index contributed by atoms with van der Waals surface area (Å²) in [4.78, 5) is 6.88. The number of aromatic nitrogens is 2. The van der Waals surface area contributed by atoms with Crippen LogP contribution < -0.4 is 5.32 Å². The maximum atomic E-state index is 12.6. The molecule has 0 atom stereocenters. The van der Waals surface area contributed by atoms with Crippen LogP contribution in [-0.2, 0) is 6.18 Å². The maximum absolute atomic E-state index is 12.6. The fourth-order valence-electron chi connectivity index (χ4n) is 1.33. The number of anilines is 2. The first-order valence-electron chi connectivity index (χ1n) is 4.99. The molecule has 0 saturated heterocycles. The maximum Gasteiger partial charge on any atom is 0.433 e. The number of nitrogens with one attached hydrogen (secondary N) is 1. The lowest BCUT2D eigenvalue weighted by Crippen LogP contribution is -2.10. The van der Waals surface area contributed by atoms with Crippen molar-refractivity contribution in [3.63, 3.8) is 0 Å². The fourth-order valence-corrected chi connectivity index (χ4v) is 2.03. The van der Waals surface area contributed by atoms with Crippen LogP contribution >= 0.6 is 34.2 Å². The number of rotatable bonds is 2. The first-order valence-corrected chi connectivity index (χ1v) is 6.45. The van der Waals surface area contributed by atoms with E-state index in [1.165, 1.54) is 0 Å². The summed E-state index contributed by atoms with van der Waals surface area (Å²) in [6.07, 6.45) is -4.56. The summed E-state index contributed by atoms with van der Waals surface area (Å²) in [7, 11) is 0. The van der Waals surface area contributed by atoms with E-state index in [9.17, 15) is 13.2 Å². The molecule has 0 saturated carbocycles. The van der Waals surface area contributed by atoms with Gasteiger partial charge >= 0.3 is 6.18 Å². The van der Waals surface area contributed by atoms with Crippen molar-refractivity contribution in [2.75, 3.05) is 5.32 Å². The van der Waals surface area contributed by atoms with Crippen LogP contribution in [0, 0.1) is 3.57 Å². The van der Waals surface area contributed by atoms with Crippen LogP contribution in [-0.4, -0.2) is 9.97 Å². The number of hydrogen-bond acceptors (Lipinski definition) is 3. The second kappa shape index (κ2) is 5.49. The molecule has 1 N–H and O–H groups in total. The van der Waals surface area contributed by atoms with E-state index in [0.717, 1.165) is 9.64 Å². The third-order valence-corrected chi connectivity index (χ3v) is 3.24. The Morgan fingerprint density at radius 2 is 1.84 bits per heavy atom. The monoisotopic (exact) mass is 399 g/mol. The number of para-hydroxylation sites is 1. The third-order valence-electron chi connectivity index (χ3n) is 2.13. The Morgan fingerprint density at radius 1 is 1.16 bits per heavy atom. The summed E-state index contributed by atoms with van der Waals surface area (Å²) in [6.45, 7) is 0. The van der Waals surface area contributed by atoms with Crippen LogP contribution in [0.2, 0.25) is 5.28 Å². The van der Waals surface area contributed by atoms with E-state index in [-0.39, 0.29) is 5.82 Å². The molecule has 0 unspecified atom stereocenters. The van der Waals surface area contributed by atoms with E-state index in [2.05, 4.69) is 37.9 Å². The van der Waals surface area contributed by atoms with Crippen molar-refractivity contribution in [1.82, 2.24) is 9.97 Å². The van der Waals surface area contributed by atoms with Gasteiger partial charge in [-0.3, -0.25) is 0 Å². The first kappa shape index (κ1) is 14.3. The molecule has 2 rings (SSSR count). The fraction of sp³-hybridized carbons (Fsp3) is 0.0909. The lowest BCUT2D eigenvalue weighted by Gasteiger charge is -2.10. The Hall–Kier alpha value is -1.09. The second-order valence-electron chi connectivity index (χ2n) is 3.51. The van der Waals surface area contributed by atoms with Gasteiger partial charge in [-0.15, -0.1) is 0 Å². The molecule has 100 valence electrons. The van der Waals surface area contributed by atoms with Crippen molar-refractivity contribution >= 4 is 45.7 Å². The molecule has 0 amide bonds. The molecular formula is C11H6ClF3IN3. The molecule has 3 nitrogen and oxygen atoms in total. The minimum Gasteiger partial charge on any atom is -0.339 e. The van der Waals surface area contributed by atoms with Crippen molar-refractivity contribution in [3.05, 3.63) is 44.9 Å². The Morgan fingerprint density at radius 3 is 2.47 bits per heavy atom. The molecule has 2 aromatic rings. The van der Waals surface area contributed by atoms with Crippen LogP contribution in [0.25, 0.3) is 0 Å². The molecule has 1 aromatic carbocycles. The van der Waals surface area contributed by atoms with Crippen LogP contribution in [0.15, 0.2) is 30.3 Å². The van der Waals surface area contributed by atoms with Crippen LogP contribution in [0.5, 0.6) is 0 Å². The molecule has 0 fully saturated rings. The largest absolute Gasteiger partial charge is 0.433 e. The highest BCUT2D eigenvalue weighted by Crippen LogP contribution is 2.30. The lowest BCUT2D eigenvalue weighted by atomic mass is 10.3. The van der Waals surface area contributed by atoms with Crippen LogP contribution in [0.3, 0.4) is 0 Å². The SMILES string of the molecule is FC(F)(F)c1cc(Nc2ccccc2I)nc(Cl)n1. The Bertz CT molecular complexity index is 604. The summed E-state index contributed by atoms with van der Waals surface area (Å²) in [6, 6.07) is 7.94. The average Bonchev–Trinajstić information content (AvgIpc) is 2.30. The predicted molar refractivity (Wildman–Crippen MR) is 74.5 cm³/mol.